The number of hydrogen-bond donors (Lipinski definition) is 3. The molecule has 0 saturated heterocycles. The van der Waals surface area contributed by atoms with Crippen molar-refractivity contribution in [1.29, 1.82) is 0 Å². The van der Waals surface area contributed by atoms with E-state index in [1.54, 1.807) is 18.2 Å². The lowest BCUT2D eigenvalue weighted by atomic mass is 9.82. The zero-order chi connectivity index (χ0) is 32.0. The molecule has 4 rings (SSSR count). The second-order valence-corrected chi connectivity index (χ2v) is 14.8. The van der Waals surface area contributed by atoms with Crippen LogP contribution in [0.1, 0.15) is 187 Å². The third-order valence-electron chi connectivity index (χ3n) is 11.0. The minimum atomic E-state index is -0.172. The summed E-state index contributed by atoms with van der Waals surface area (Å²) in [6, 6.07) is 5.56. The number of rotatable bonds is 15. The van der Waals surface area contributed by atoms with E-state index in [1.165, 1.54) is 77.0 Å². The number of nitrogens with one attached hydrogen (secondary N) is 3. The van der Waals surface area contributed by atoms with Crippen molar-refractivity contribution in [3.05, 3.63) is 34.9 Å². The fraction of sp³-hybridized carbons (Fsp3) is 0.769. The van der Waals surface area contributed by atoms with Gasteiger partial charge >= 0.3 is 0 Å². The Labute approximate surface area is 274 Å². The summed E-state index contributed by atoms with van der Waals surface area (Å²) in [5.74, 6) is 1.47. The number of unbranched alkanes of at least 4 members (excludes halogenated alkanes) is 3. The lowest BCUT2D eigenvalue weighted by Gasteiger charge is -2.30. The Morgan fingerprint density at radius 3 is 1.07 bits per heavy atom. The summed E-state index contributed by atoms with van der Waals surface area (Å²) < 4.78 is 0. The highest BCUT2D eigenvalue weighted by atomic mass is 16.2. The quantitative estimate of drug-likeness (QED) is 0.183. The molecule has 252 valence electrons. The van der Waals surface area contributed by atoms with Gasteiger partial charge in [0.15, 0.2) is 0 Å². The van der Waals surface area contributed by atoms with E-state index >= 15 is 0 Å². The van der Waals surface area contributed by atoms with Gasteiger partial charge in [-0.25, -0.2) is 0 Å². The van der Waals surface area contributed by atoms with E-state index in [0.29, 0.717) is 34.4 Å². The largest absolute Gasteiger partial charge is 0.349 e. The SMILES string of the molecule is CCCCC1CCCC(NC(=O)c2cc(C(=O)NC3CCCC(CCCC)C3)cc(C(=O)NC3CCCC(CCCC)C3)c2)C1. The van der Waals surface area contributed by atoms with Crippen molar-refractivity contribution in [2.24, 2.45) is 17.8 Å². The minimum absolute atomic E-state index is 0.146. The number of carbonyl (C=O) groups is 3. The molecule has 0 radical (unpaired) electrons. The van der Waals surface area contributed by atoms with Crippen LogP contribution in [0.25, 0.3) is 0 Å². The van der Waals surface area contributed by atoms with Crippen LogP contribution in [0.15, 0.2) is 18.2 Å². The third kappa shape index (κ3) is 11.4. The van der Waals surface area contributed by atoms with E-state index in [-0.39, 0.29) is 35.8 Å². The Bertz CT molecular complexity index is 942. The summed E-state index contributed by atoms with van der Waals surface area (Å²) in [6.07, 6.45) is 24.1. The van der Waals surface area contributed by atoms with Gasteiger partial charge in [-0.1, -0.05) is 117 Å². The monoisotopic (exact) mass is 621 g/mol. The van der Waals surface area contributed by atoms with Crippen LogP contribution < -0.4 is 16.0 Å². The number of hydrogen-bond acceptors (Lipinski definition) is 3. The minimum Gasteiger partial charge on any atom is -0.349 e. The molecular formula is C39H63N3O3. The number of amides is 3. The summed E-state index contributed by atoms with van der Waals surface area (Å²) in [6.45, 7) is 6.70. The van der Waals surface area contributed by atoms with Crippen molar-refractivity contribution >= 4 is 17.7 Å². The molecule has 3 aliphatic rings. The molecular weight excluding hydrogens is 558 g/mol. The van der Waals surface area contributed by atoms with Gasteiger partial charge in [-0.05, 0) is 74.5 Å². The molecule has 0 heterocycles. The molecule has 6 atom stereocenters. The molecule has 3 fully saturated rings. The van der Waals surface area contributed by atoms with Crippen LogP contribution in [-0.2, 0) is 0 Å². The molecule has 45 heavy (non-hydrogen) atoms. The average molecular weight is 622 g/mol. The molecule has 1 aromatic carbocycles. The van der Waals surface area contributed by atoms with Gasteiger partial charge < -0.3 is 16.0 Å². The van der Waals surface area contributed by atoms with E-state index in [1.807, 2.05) is 0 Å². The fourth-order valence-corrected chi connectivity index (χ4v) is 8.36. The summed E-state index contributed by atoms with van der Waals surface area (Å²) in [4.78, 5) is 41.0. The second kappa shape index (κ2) is 18.7. The van der Waals surface area contributed by atoms with E-state index in [4.69, 9.17) is 0 Å². The standard InChI is InChI=1S/C39H63N3O3/c1-4-7-13-28-16-10-19-34(22-28)40-37(43)31-25-32(38(44)41-35-20-11-17-29(23-35)14-8-5-2)27-33(26-31)39(45)42-36-21-12-18-30(24-36)15-9-6-3/h25-30,34-36H,4-24H2,1-3H3,(H,40,43)(H,41,44)(H,42,45). The van der Waals surface area contributed by atoms with Gasteiger partial charge in [0.2, 0.25) is 0 Å². The van der Waals surface area contributed by atoms with Crippen molar-refractivity contribution in [3.8, 4) is 0 Å². The van der Waals surface area contributed by atoms with Gasteiger partial charge in [-0.3, -0.25) is 14.4 Å². The molecule has 6 heteroatoms. The molecule has 3 N–H and O–H groups in total. The smallest absolute Gasteiger partial charge is 0.251 e. The van der Waals surface area contributed by atoms with E-state index in [9.17, 15) is 14.4 Å². The second-order valence-electron chi connectivity index (χ2n) is 14.8. The zero-order valence-electron chi connectivity index (χ0n) is 28.8. The van der Waals surface area contributed by atoms with Gasteiger partial charge in [0.1, 0.15) is 0 Å². The lowest BCUT2D eigenvalue weighted by Crippen LogP contribution is -2.40. The van der Waals surface area contributed by atoms with E-state index in [2.05, 4.69) is 36.7 Å². The van der Waals surface area contributed by atoms with Crippen molar-refractivity contribution in [2.45, 2.75) is 174 Å². The zero-order valence-corrected chi connectivity index (χ0v) is 28.8. The van der Waals surface area contributed by atoms with Crippen LogP contribution >= 0.6 is 0 Å². The lowest BCUT2D eigenvalue weighted by molar-refractivity contribution is 0.0917. The van der Waals surface area contributed by atoms with Crippen molar-refractivity contribution in [3.63, 3.8) is 0 Å². The third-order valence-corrected chi connectivity index (χ3v) is 11.0. The molecule has 6 nitrogen and oxygen atoms in total. The van der Waals surface area contributed by atoms with Gasteiger partial charge in [0.05, 0.1) is 0 Å². The first-order chi connectivity index (χ1) is 21.9. The van der Waals surface area contributed by atoms with Crippen LogP contribution in [0.5, 0.6) is 0 Å². The molecule has 0 bridgehead atoms. The van der Waals surface area contributed by atoms with E-state index < -0.39 is 0 Å². The van der Waals surface area contributed by atoms with Crippen LogP contribution in [0.2, 0.25) is 0 Å². The molecule has 3 amide bonds. The maximum atomic E-state index is 13.7. The average Bonchev–Trinajstić information content (AvgIpc) is 3.05. The summed E-state index contributed by atoms with van der Waals surface area (Å²) >= 11 is 0. The first kappa shape index (κ1) is 35.5. The van der Waals surface area contributed by atoms with Gasteiger partial charge in [-0.15, -0.1) is 0 Å². The van der Waals surface area contributed by atoms with Crippen LogP contribution in [0.4, 0.5) is 0 Å². The van der Waals surface area contributed by atoms with Gasteiger partial charge in [-0.2, -0.15) is 0 Å². The van der Waals surface area contributed by atoms with Crippen LogP contribution in [0.3, 0.4) is 0 Å². The number of carbonyl (C=O) groups excluding carboxylic acids is 3. The molecule has 0 aliphatic heterocycles. The Kier molecular flexibility index (Phi) is 14.7. The summed E-state index contributed by atoms with van der Waals surface area (Å²) in [7, 11) is 0. The van der Waals surface area contributed by atoms with E-state index in [0.717, 1.165) is 57.8 Å². The first-order valence-electron chi connectivity index (χ1n) is 19.0. The maximum Gasteiger partial charge on any atom is 0.251 e. The topological polar surface area (TPSA) is 87.3 Å². The molecule has 1 aromatic rings. The Morgan fingerprint density at radius 2 is 0.800 bits per heavy atom. The first-order valence-corrected chi connectivity index (χ1v) is 19.0. The Balaban J connectivity index is 1.48. The Hall–Kier alpha value is -2.37. The molecule has 3 saturated carbocycles. The summed E-state index contributed by atoms with van der Waals surface area (Å²) in [5.41, 5.74) is 1.24. The summed E-state index contributed by atoms with van der Waals surface area (Å²) in [5, 5.41) is 9.85. The Morgan fingerprint density at radius 1 is 0.511 bits per heavy atom. The number of benzene rings is 1. The van der Waals surface area contributed by atoms with Crippen molar-refractivity contribution in [1.82, 2.24) is 16.0 Å². The normalized spacial score (nSPS) is 27.0. The highest BCUT2D eigenvalue weighted by molar-refractivity contribution is 6.04. The van der Waals surface area contributed by atoms with Gasteiger partial charge in [0, 0.05) is 34.8 Å². The van der Waals surface area contributed by atoms with Crippen molar-refractivity contribution in [2.75, 3.05) is 0 Å². The molecule has 0 spiro atoms. The van der Waals surface area contributed by atoms with Crippen LogP contribution in [-0.4, -0.2) is 35.8 Å². The van der Waals surface area contributed by atoms with Crippen molar-refractivity contribution < 1.29 is 14.4 Å². The highest BCUT2D eigenvalue weighted by Crippen LogP contribution is 2.31. The predicted molar refractivity (Wildman–Crippen MR) is 185 cm³/mol. The molecule has 6 unspecified atom stereocenters. The fourth-order valence-electron chi connectivity index (χ4n) is 8.36. The van der Waals surface area contributed by atoms with Gasteiger partial charge in [0.25, 0.3) is 17.7 Å². The molecule has 0 aromatic heterocycles. The predicted octanol–water partition coefficient (Wildman–Crippen LogP) is 9.12. The molecule has 3 aliphatic carbocycles. The van der Waals surface area contributed by atoms with Crippen LogP contribution in [0, 0.1) is 17.8 Å². The maximum absolute atomic E-state index is 13.7. The highest BCUT2D eigenvalue weighted by Gasteiger charge is 2.28.